The largest absolute Gasteiger partial charge is 0.466 e. The van der Waals surface area contributed by atoms with Crippen LogP contribution in [0.1, 0.15) is 50.4 Å². The summed E-state index contributed by atoms with van der Waals surface area (Å²) in [5.41, 5.74) is 0.488. The van der Waals surface area contributed by atoms with Gasteiger partial charge in [0.15, 0.2) is 0 Å². The third-order valence-electron chi connectivity index (χ3n) is 3.14. The van der Waals surface area contributed by atoms with Gasteiger partial charge >= 0.3 is 11.9 Å². The second-order valence-electron chi connectivity index (χ2n) is 5.33. The lowest BCUT2D eigenvalue weighted by molar-refractivity contribution is -0.146. The van der Waals surface area contributed by atoms with Gasteiger partial charge in [0.2, 0.25) is 0 Å². The topological polar surface area (TPSA) is 52.6 Å². The molecule has 0 N–H and O–H groups in total. The molecule has 116 valence electrons. The molecule has 0 amide bonds. The Balaban J connectivity index is 2.54. The number of ether oxygens (including phenoxy) is 2. The molecule has 0 aromatic heterocycles. The predicted molar refractivity (Wildman–Crippen MR) is 81.0 cm³/mol. The molecule has 1 rings (SSSR count). The van der Waals surface area contributed by atoms with E-state index in [1.165, 1.54) is 0 Å². The van der Waals surface area contributed by atoms with Crippen molar-refractivity contribution in [3.63, 3.8) is 0 Å². The summed E-state index contributed by atoms with van der Waals surface area (Å²) in [7, 11) is 0. The van der Waals surface area contributed by atoms with Gasteiger partial charge < -0.3 is 9.47 Å². The monoisotopic (exact) mass is 292 g/mol. The van der Waals surface area contributed by atoms with E-state index in [-0.39, 0.29) is 18.3 Å². The van der Waals surface area contributed by atoms with Crippen LogP contribution in [0.5, 0.6) is 0 Å². The maximum absolute atomic E-state index is 12.0. The molecule has 0 fully saturated rings. The summed E-state index contributed by atoms with van der Waals surface area (Å²) in [5.74, 6) is -0.671. The Morgan fingerprint density at radius 1 is 1.14 bits per heavy atom. The van der Waals surface area contributed by atoms with Crippen LogP contribution in [0.4, 0.5) is 0 Å². The van der Waals surface area contributed by atoms with Gasteiger partial charge in [-0.3, -0.25) is 4.79 Å². The predicted octanol–water partition coefficient (Wildman–Crippen LogP) is 3.60. The van der Waals surface area contributed by atoms with Crippen LogP contribution >= 0.6 is 0 Å². The van der Waals surface area contributed by atoms with Crippen LogP contribution in [0.2, 0.25) is 0 Å². The minimum Gasteiger partial charge on any atom is -0.466 e. The van der Waals surface area contributed by atoms with Gasteiger partial charge in [0, 0.05) is 0 Å². The Bertz CT molecular complexity index is 439. The van der Waals surface area contributed by atoms with Crippen LogP contribution < -0.4 is 0 Å². The van der Waals surface area contributed by atoms with E-state index in [0.29, 0.717) is 12.2 Å². The lowest BCUT2D eigenvalue weighted by Crippen LogP contribution is -2.27. The second-order valence-corrected chi connectivity index (χ2v) is 5.33. The number of carbonyl (C=O) groups is 2. The second kappa shape index (κ2) is 9.16. The summed E-state index contributed by atoms with van der Waals surface area (Å²) < 4.78 is 10.6. The lowest BCUT2D eigenvalue weighted by atomic mass is 10.0. The van der Waals surface area contributed by atoms with E-state index in [1.54, 1.807) is 24.3 Å². The van der Waals surface area contributed by atoms with Crippen LogP contribution in [0.3, 0.4) is 0 Å². The number of carbonyl (C=O) groups excluding carboxylic acids is 2. The smallest absolute Gasteiger partial charge is 0.338 e. The van der Waals surface area contributed by atoms with Gasteiger partial charge in [0.05, 0.1) is 18.6 Å². The first-order valence-electron chi connectivity index (χ1n) is 7.46. The normalized spacial score (nSPS) is 12.0. The van der Waals surface area contributed by atoms with E-state index >= 15 is 0 Å². The number of unbranched alkanes of at least 4 members (excludes halogenated alkanes) is 1. The van der Waals surface area contributed by atoms with Crippen molar-refractivity contribution >= 4 is 11.9 Å². The highest BCUT2D eigenvalue weighted by Gasteiger charge is 2.23. The first-order chi connectivity index (χ1) is 10.0. The van der Waals surface area contributed by atoms with Gasteiger partial charge in [-0.05, 0) is 24.5 Å². The zero-order chi connectivity index (χ0) is 15.7. The van der Waals surface area contributed by atoms with E-state index < -0.39 is 12.1 Å². The van der Waals surface area contributed by atoms with Crippen LogP contribution in [-0.2, 0) is 14.3 Å². The summed E-state index contributed by atoms with van der Waals surface area (Å²) in [6, 6.07) is 8.78. The number of hydrogen-bond acceptors (Lipinski definition) is 4. The highest BCUT2D eigenvalue weighted by Crippen LogP contribution is 2.15. The van der Waals surface area contributed by atoms with E-state index in [1.807, 2.05) is 26.8 Å². The van der Waals surface area contributed by atoms with Crippen molar-refractivity contribution in [2.75, 3.05) is 6.61 Å². The van der Waals surface area contributed by atoms with Crippen molar-refractivity contribution in [2.24, 2.45) is 5.92 Å². The lowest BCUT2D eigenvalue weighted by Gasteiger charge is -2.20. The molecule has 21 heavy (non-hydrogen) atoms. The molecule has 0 aliphatic heterocycles. The quantitative estimate of drug-likeness (QED) is 0.542. The van der Waals surface area contributed by atoms with Crippen molar-refractivity contribution in [3.05, 3.63) is 35.9 Å². The first kappa shape index (κ1) is 17.2. The van der Waals surface area contributed by atoms with Gasteiger partial charge in [0.1, 0.15) is 6.10 Å². The highest BCUT2D eigenvalue weighted by atomic mass is 16.6. The van der Waals surface area contributed by atoms with Crippen molar-refractivity contribution in [1.82, 2.24) is 0 Å². The molecule has 1 aromatic carbocycles. The SMILES string of the molecule is CCCCOC(=O)CC(OC(=O)c1ccccc1)C(C)C. The van der Waals surface area contributed by atoms with Crippen molar-refractivity contribution in [2.45, 2.75) is 46.1 Å². The van der Waals surface area contributed by atoms with Crippen molar-refractivity contribution in [1.29, 1.82) is 0 Å². The molecular weight excluding hydrogens is 268 g/mol. The maximum Gasteiger partial charge on any atom is 0.338 e. The summed E-state index contributed by atoms with van der Waals surface area (Å²) in [5, 5.41) is 0. The molecule has 0 spiro atoms. The fourth-order valence-corrected chi connectivity index (χ4v) is 1.75. The third kappa shape index (κ3) is 6.43. The van der Waals surface area contributed by atoms with Gasteiger partial charge in [-0.25, -0.2) is 4.79 Å². The molecule has 4 nitrogen and oxygen atoms in total. The first-order valence-corrected chi connectivity index (χ1v) is 7.46. The zero-order valence-electron chi connectivity index (χ0n) is 13.0. The summed E-state index contributed by atoms with van der Waals surface area (Å²) in [4.78, 5) is 23.8. The van der Waals surface area contributed by atoms with Crippen molar-refractivity contribution < 1.29 is 19.1 Å². The fraction of sp³-hybridized carbons (Fsp3) is 0.529. The minimum absolute atomic E-state index is 0.0522. The molecule has 0 radical (unpaired) electrons. The molecule has 1 unspecified atom stereocenters. The van der Waals surface area contributed by atoms with Gasteiger partial charge in [-0.15, -0.1) is 0 Å². The van der Waals surface area contributed by atoms with Crippen LogP contribution in [-0.4, -0.2) is 24.6 Å². The maximum atomic E-state index is 12.0. The molecule has 0 saturated heterocycles. The minimum atomic E-state index is -0.466. The average Bonchev–Trinajstić information content (AvgIpc) is 2.47. The summed E-state index contributed by atoms with van der Waals surface area (Å²) in [6.07, 6.45) is 1.46. The van der Waals surface area contributed by atoms with Gasteiger partial charge in [-0.2, -0.15) is 0 Å². The molecular formula is C17H24O4. The standard InChI is InChI=1S/C17H24O4/c1-4-5-11-20-16(18)12-15(13(2)3)21-17(19)14-9-7-6-8-10-14/h6-10,13,15H,4-5,11-12H2,1-3H3. The molecule has 0 saturated carbocycles. The van der Waals surface area contributed by atoms with E-state index in [0.717, 1.165) is 12.8 Å². The molecule has 0 heterocycles. The molecule has 0 aliphatic rings. The Labute approximate surface area is 126 Å². The highest BCUT2D eigenvalue weighted by molar-refractivity contribution is 5.89. The van der Waals surface area contributed by atoms with Crippen LogP contribution in [0.15, 0.2) is 30.3 Å². The van der Waals surface area contributed by atoms with E-state index in [4.69, 9.17) is 9.47 Å². The Morgan fingerprint density at radius 3 is 2.38 bits per heavy atom. The average molecular weight is 292 g/mol. The molecule has 4 heteroatoms. The number of rotatable bonds is 8. The molecule has 0 bridgehead atoms. The van der Waals surface area contributed by atoms with Crippen LogP contribution in [0.25, 0.3) is 0 Å². The number of esters is 2. The Kier molecular flexibility index (Phi) is 7.51. The fourth-order valence-electron chi connectivity index (χ4n) is 1.75. The zero-order valence-corrected chi connectivity index (χ0v) is 13.0. The summed E-state index contributed by atoms with van der Waals surface area (Å²) >= 11 is 0. The van der Waals surface area contributed by atoms with E-state index in [2.05, 4.69) is 0 Å². The van der Waals surface area contributed by atoms with Crippen molar-refractivity contribution in [3.8, 4) is 0 Å². The van der Waals surface area contributed by atoms with Crippen LogP contribution in [0, 0.1) is 5.92 Å². The van der Waals surface area contributed by atoms with Gasteiger partial charge in [-0.1, -0.05) is 45.4 Å². The molecule has 0 aliphatic carbocycles. The number of benzene rings is 1. The third-order valence-corrected chi connectivity index (χ3v) is 3.14. The Morgan fingerprint density at radius 2 is 1.81 bits per heavy atom. The molecule has 1 atom stereocenters. The molecule has 1 aromatic rings. The number of hydrogen-bond donors (Lipinski definition) is 0. The van der Waals surface area contributed by atoms with Gasteiger partial charge in [0.25, 0.3) is 0 Å². The summed E-state index contributed by atoms with van der Waals surface area (Å²) in [6.45, 7) is 6.30. The van der Waals surface area contributed by atoms with E-state index in [9.17, 15) is 9.59 Å². The Hall–Kier alpha value is -1.84.